The number of hydrogen-bond acceptors (Lipinski definition) is 6. The van der Waals surface area contributed by atoms with Crippen molar-refractivity contribution >= 4 is 24.2 Å². The molecule has 0 amide bonds. The zero-order chi connectivity index (χ0) is 23.1. The monoisotopic (exact) mass is 518 g/mol. The minimum absolute atomic E-state index is 0. The molecule has 6 nitrogen and oxygen atoms in total. The van der Waals surface area contributed by atoms with E-state index in [9.17, 15) is 13.2 Å². The number of halogens is 4. The lowest BCUT2D eigenvalue weighted by atomic mass is 9.95. The summed E-state index contributed by atoms with van der Waals surface area (Å²) in [5.41, 5.74) is 1.23. The Morgan fingerprint density at radius 1 is 1.18 bits per heavy atom. The van der Waals surface area contributed by atoms with Gasteiger partial charge in [-0.05, 0) is 55.8 Å². The van der Waals surface area contributed by atoms with Gasteiger partial charge >= 0.3 is 6.36 Å². The summed E-state index contributed by atoms with van der Waals surface area (Å²) in [5, 5.41) is 9.81. The maximum atomic E-state index is 12.4. The van der Waals surface area contributed by atoms with E-state index in [1.807, 2.05) is 0 Å². The average Bonchev–Trinajstić information content (AvgIpc) is 3.16. The number of aromatic nitrogens is 3. The predicted molar refractivity (Wildman–Crippen MR) is 126 cm³/mol. The number of nitrogens with zero attached hydrogens (tertiary/aromatic N) is 4. The molecule has 11 heteroatoms. The molecule has 34 heavy (non-hydrogen) atoms. The molecular formula is C23H30ClF3N4O2S. The van der Waals surface area contributed by atoms with E-state index in [2.05, 4.69) is 31.4 Å². The summed E-state index contributed by atoms with van der Waals surface area (Å²) < 4.78 is 48.8. The maximum Gasteiger partial charge on any atom is 0.573 e. The van der Waals surface area contributed by atoms with Crippen LogP contribution in [0.1, 0.15) is 43.0 Å². The Bertz CT molecular complexity index is 968. The van der Waals surface area contributed by atoms with Gasteiger partial charge in [0.2, 0.25) is 0 Å². The van der Waals surface area contributed by atoms with Crippen molar-refractivity contribution < 1.29 is 22.6 Å². The lowest BCUT2D eigenvalue weighted by Crippen LogP contribution is -2.28. The molecule has 0 radical (unpaired) electrons. The van der Waals surface area contributed by atoms with E-state index in [0.717, 1.165) is 80.8 Å². The minimum Gasteiger partial charge on any atom is -0.406 e. The van der Waals surface area contributed by atoms with Crippen LogP contribution in [0, 0.1) is 5.92 Å². The van der Waals surface area contributed by atoms with Crippen molar-refractivity contribution in [1.29, 1.82) is 0 Å². The molecule has 188 valence electrons. The number of thioether (sulfide) groups is 1. The molecule has 2 saturated heterocycles. The van der Waals surface area contributed by atoms with Gasteiger partial charge in [0.05, 0.1) is 0 Å². The third-order valence-corrected chi connectivity index (χ3v) is 8.29. The lowest BCUT2D eigenvalue weighted by Gasteiger charge is -2.21. The fourth-order valence-electron chi connectivity index (χ4n) is 5.41. The second-order valence-corrected chi connectivity index (χ2v) is 10.4. The zero-order valence-electron chi connectivity index (χ0n) is 19.1. The summed E-state index contributed by atoms with van der Waals surface area (Å²) in [5.74, 6) is 2.93. The van der Waals surface area contributed by atoms with E-state index in [1.165, 1.54) is 12.1 Å². The smallest absolute Gasteiger partial charge is 0.406 e. The molecule has 3 fully saturated rings. The van der Waals surface area contributed by atoms with Gasteiger partial charge in [0, 0.05) is 50.4 Å². The third-order valence-electron chi connectivity index (χ3n) is 7.18. The van der Waals surface area contributed by atoms with E-state index < -0.39 is 6.36 Å². The van der Waals surface area contributed by atoms with Crippen molar-refractivity contribution in [3.8, 4) is 5.75 Å². The molecular weight excluding hydrogens is 489 g/mol. The summed E-state index contributed by atoms with van der Waals surface area (Å²) in [6.45, 7) is 4.64. The number of alkyl halides is 3. The summed E-state index contributed by atoms with van der Waals surface area (Å²) in [7, 11) is 2.05. The van der Waals surface area contributed by atoms with Crippen molar-refractivity contribution in [2.45, 2.75) is 48.5 Å². The van der Waals surface area contributed by atoms with E-state index in [0.29, 0.717) is 11.8 Å². The van der Waals surface area contributed by atoms with Gasteiger partial charge in [-0.15, -0.1) is 35.8 Å². The Balaban J connectivity index is 0.00000274. The van der Waals surface area contributed by atoms with Gasteiger partial charge < -0.3 is 18.9 Å². The molecule has 1 aliphatic carbocycles. The average molecular weight is 519 g/mol. The number of rotatable bonds is 8. The predicted octanol–water partition coefficient (Wildman–Crippen LogP) is 4.79. The standard InChI is InChI=1S/C23H29F3N4O2S.ClH/c1-29-20(16-7-10-31-11-8-16)27-28-21(29)33-12-2-9-30-14-18-13-22(18,15-30)17-3-5-19(6-4-17)32-23(24,25)26;/h3-6,16,18H,2,7-15H2,1H3;1H/t18-,22+;/m1./s1. The molecule has 0 bridgehead atoms. The van der Waals surface area contributed by atoms with E-state index in [4.69, 9.17) is 4.74 Å². The highest BCUT2D eigenvalue weighted by Crippen LogP contribution is 2.59. The first-order chi connectivity index (χ1) is 15.8. The first-order valence-corrected chi connectivity index (χ1v) is 12.5. The van der Waals surface area contributed by atoms with Gasteiger partial charge in [0.15, 0.2) is 5.16 Å². The molecule has 2 aromatic rings. The Labute approximate surface area is 208 Å². The van der Waals surface area contributed by atoms with Crippen LogP contribution in [0.3, 0.4) is 0 Å². The van der Waals surface area contributed by atoms with Crippen molar-refractivity contribution in [2.75, 3.05) is 38.6 Å². The Morgan fingerprint density at radius 3 is 2.62 bits per heavy atom. The summed E-state index contributed by atoms with van der Waals surface area (Å²) in [6.07, 6.45) is -0.461. The number of ether oxygens (including phenoxy) is 2. The second kappa shape index (κ2) is 10.2. The fraction of sp³-hybridized carbons (Fsp3) is 0.652. The van der Waals surface area contributed by atoms with E-state index in [-0.39, 0.29) is 23.6 Å². The number of fused-ring (bicyclic) bond motifs is 1. The molecule has 2 aliphatic heterocycles. The minimum atomic E-state index is -4.65. The highest BCUT2D eigenvalue weighted by Gasteiger charge is 2.60. The van der Waals surface area contributed by atoms with Crippen LogP contribution in [0.5, 0.6) is 5.75 Å². The summed E-state index contributed by atoms with van der Waals surface area (Å²) >= 11 is 1.75. The molecule has 0 unspecified atom stereocenters. The van der Waals surface area contributed by atoms with Crippen molar-refractivity contribution in [3.05, 3.63) is 35.7 Å². The largest absolute Gasteiger partial charge is 0.573 e. The molecule has 5 rings (SSSR count). The second-order valence-electron chi connectivity index (χ2n) is 9.35. The topological polar surface area (TPSA) is 52.4 Å². The van der Waals surface area contributed by atoms with Crippen molar-refractivity contribution in [1.82, 2.24) is 19.7 Å². The number of likely N-dealkylation sites (tertiary alicyclic amines) is 1. The molecule has 2 atom stereocenters. The molecule has 0 spiro atoms. The summed E-state index contributed by atoms with van der Waals surface area (Å²) in [4.78, 5) is 2.49. The number of piperidine rings is 1. The van der Waals surface area contributed by atoms with Crippen LogP contribution in [-0.4, -0.2) is 64.6 Å². The van der Waals surface area contributed by atoms with Crippen molar-refractivity contribution in [3.63, 3.8) is 0 Å². The Morgan fingerprint density at radius 2 is 1.91 bits per heavy atom. The zero-order valence-corrected chi connectivity index (χ0v) is 20.7. The van der Waals surface area contributed by atoms with Gasteiger partial charge in [-0.3, -0.25) is 0 Å². The van der Waals surface area contributed by atoms with E-state index >= 15 is 0 Å². The van der Waals surface area contributed by atoms with E-state index in [1.54, 1.807) is 23.9 Å². The van der Waals surface area contributed by atoms with Crippen LogP contribution in [0.25, 0.3) is 0 Å². The van der Waals surface area contributed by atoms with Crippen LogP contribution in [-0.2, 0) is 17.2 Å². The van der Waals surface area contributed by atoms with Crippen LogP contribution < -0.4 is 4.74 Å². The maximum absolute atomic E-state index is 12.4. The molecule has 1 saturated carbocycles. The number of benzene rings is 1. The summed E-state index contributed by atoms with van der Waals surface area (Å²) in [6, 6.07) is 6.46. The molecule has 3 heterocycles. The van der Waals surface area contributed by atoms with Gasteiger partial charge in [-0.1, -0.05) is 23.9 Å². The van der Waals surface area contributed by atoms with Gasteiger partial charge in [-0.25, -0.2) is 0 Å². The Hall–Kier alpha value is -1.49. The van der Waals surface area contributed by atoms with Crippen LogP contribution in [0.15, 0.2) is 29.4 Å². The highest BCUT2D eigenvalue weighted by atomic mass is 35.5. The van der Waals surface area contributed by atoms with Crippen LogP contribution in [0.2, 0.25) is 0 Å². The highest BCUT2D eigenvalue weighted by molar-refractivity contribution is 7.99. The number of hydrogen-bond donors (Lipinski definition) is 0. The molecule has 1 aromatic heterocycles. The van der Waals surface area contributed by atoms with Gasteiger partial charge in [0.25, 0.3) is 0 Å². The first-order valence-electron chi connectivity index (χ1n) is 11.5. The molecule has 3 aliphatic rings. The lowest BCUT2D eigenvalue weighted by molar-refractivity contribution is -0.274. The van der Waals surface area contributed by atoms with Gasteiger partial charge in [-0.2, -0.15) is 0 Å². The van der Waals surface area contributed by atoms with Crippen LogP contribution in [0.4, 0.5) is 13.2 Å². The Kier molecular flexibility index (Phi) is 7.71. The SMILES string of the molecule is Cl.Cn1c(SCCCN2C[C@H]3C[C@@]3(c3ccc(OC(F)(F)F)cc3)C2)nnc1C1CCOCC1. The normalized spacial score (nSPS) is 25.1. The molecule has 0 N–H and O–H groups in total. The van der Waals surface area contributed by atoms with Crippen molar-refractivity contribution in [2.24, 2.45) is 13.0 Å². The first kappa shape index (κ1) is 25.6. The van der Waals surface area contributed by atoms with Gasteiger partial charge in [0.1, 0.15) is 11.6 Å². The third kappa shape index (κ3) is 5.50. The van der Waals surface area contributed by atoms with Crippen LogP contribution >= 0.6 is 24.2 Å². The molecule has 1 aromatic carbocycles. The quantitative estimate of drug-likeness (QED) is 0.370. The fourth-order valence-corrected chi connectivity index (χ4v) is 6.25.